The Balaban J connectivity index is 1.69. The van der Waals surface area contributed by atoms with Gasteiger partial charge in [0.05, 0.1) is 13.7 Å². The van der Waals surface area contributed by atoms with Gasteiger partial charge in [-0.25, -0.2) is 4.79 Å². The molecule has 0 bridgehead atoms. The fraction of sp³-hybridized carbons (Fsp3) is 0.381. The van der Waals surface area contributed by atoms with Crippen LogP contribution < -0.4 is 10.1 Å². The molecule has 1 saturated heterocycles. The number of hydrogen-bond donors (Lipinski definition) is 1. The number of hydrogen-bond acceptors (Lipinski definition) is 3. The van der Waals surface area contributed by atoms with Gasteiger partial charge >= 0.3 is 6.03 Å². The number of nitrogens with one attached hydrogen (secondary N) is 1. The first-order chi connectivity index (χ1) is 12.7. The predicted molar refractivity (Wildman–Crippen MR) is 104 cm³/mol. The minimum absolute atomic E-state index is 0.0476. The Kier molecular flexibility index (Phi) is 6.12. The van der Waals surface area contributed by atoms with Crippen molar-refractivity contribution in [2.24, 2.45) is 5.92 Å². The maximum atomic E-state index is 12.6. The lowest BCUT2D eigenvalue weighted by Gasteiger charge is -2.32. The van der Waals surface area contributed by atoms with Gasteiger partial charge in [0.1, 0.15) is 5.75 Å². The monoisotopic (exact) mass is 354 g/mol. The Hall–Kier alpha value is -2.53. The molecular weight excluding hydrogens is 328 g/mol. The van der Waals surface area contributed by atoms with Crippen LogP contribution in [0.15, 0.2) is 48.5 Å². The second-order valence-corrected chi connectivity index (χ2v) is 6.65. The van der Waals surface area contributed by atoms with Crippen molar-refractivity contribution in [1.29, 1.82) is 0 Å². The van der Waals surface area contributed by atoms with Gasteiger partial charge in [0.2, 0.25) is 0 Å². The highest BCUT2D eigenvalue weighted by molar-refractivity contribution is 5.90. The van der Waals surface area contributed by atoms with Gasteiger partial charge < -0.3 is 19.7 Å². The number of nitrogens with zero attached hydrogens (tertiary/aromatic N) is 1. The van der Waals surface area contributed by atoms with E-state index in [0.29, 0.717) is 12.5 Å². The maximum absolute atomic E-state index is 12.6. The summed E-state index contributed by atoms with van der Waals surface area (Å²) in [5, 5.41) is 3.03. The highest BCUT2D eigenvalue weighted by atomic mass is 16.5. The Morgan fingerprint density at radius 1 is 1.15 bits per heavy atom. The van der Waals surface area contributed by atoms with Crippen LogP contribution in [0, 0.1) is 5.92 Å². The van der Waals surface area contributed by atoms with Crippen LogP contribution in [-0.4, -0.2) is 44.8 Å². The number of rotatable bonds is 5. The molecule has 0 saturated carbocycles. The topological polar surface area (TPSA) is 50.8 Å². The quantitative estimate of drug-likeness (QED) is 0.873. The summed E-state index contributed by atoms with van der Waals surface area (Å²) in [5.41, 5.74) is 2.89. The largest absolute Gasteiger partial charge is 0.497 e. The van der Waals surface area contributed by atoms with Gasteiger partial charge in [0, 0.05) is 31.8 Å². The molecule has 0 spiro atoms. The number of methoxy groups -OCH3 is 2. The molecule has 2 aromatic rings. The third-order valence-electron chi connectivity index (χ3n) is 4.73. The number of piperidine rings is 1. The summed E-state index contributed by atoms with van der Waals surface area (Å²) in [6.45, 7) is 2.24. The van der Waals surface area contributed by atoms with Gasteiger partial charge in [0.25, 0.3) is 0 Å². The molecule has 2 amide bonds. The van der Waals surface area contributed by atoms with Crippen molar-refractivity contribution >= 4 is 11.7 Å². The molecule has 1 aliphatic rings. The summed E-state index contributed by atoms with van der Waals surface area (Å²) in [7, 11) is 3.37. The Bertz CT molecular complexity index is 746. The van der Waals surface area contributed by atoms with Crippen LogP contribution in [0.3, 0.4) is 0 Å². The maximum Gasteiger partial charge on any atom is 0.321 e. The van der Waals surface area contributed by atoms with Crippen molar-refractivity contribution in [3.8, 4) is 16.9 Å². The van der Waals surface area contributed by atoms with Gasteiger partial charge in [-0.2, -0.15) is 0 Å². The SMILES string of the molecule is COCC1CCCN(C(=O)Nc2cccc(-c3cccc(OC)c3)c2)C1. The van der Waals surface area contributed by atoms with Gasteiger partial charge in [-0.05, 0) is 48.2 Å². The van der Waals surface area contributed by atoms with Crippen molar-refractivity contribution in [1.82, 2.24) is 4.90 Å². The molecule has 5 nitrogen and oxygen atoms in total. The second kappa shape index (κ2) is 8.72. The first-order valence-electron chi connectivity index (χ1n) is 8.99. The number of amides is 2. The molecule has 1 unspecified atom stereocenters. The molecular formula is C21H26N2O3. The molecule has 1 heterocycles. The molecule has 0 aromatic heterocycles. The van der Waals surface area contributed by atoms with E-state index in [1.165, 1.54) is 0 Å². The third-order valence-corrected chi connectivity index (χ3v) is 4.73. The first-order valence-corrected chi connectivity index (χ1v) is 8.99. The number of benzene rings is 2. The predicted octanol–water partition coefficient (Wildman–Crippen LogP) is 4.25. The van der Waals surface area contributed by atoms with Crippen molar-refractivity contribution in [2.45, 2.75) is 12.8 Å². The van der Waals surface area contributed by atoms with E-state index in [9.17, 15) is 4.79 Å². The lowest BCUT2D eigenvalue weighted by atomic mass is 9.99. The van der Waals surface area contributed by atoms with E-state index in [4.69, 9.17) is 9.47 Å². The van der Waals surface area contributed by atoms with Gasteiger partial charge in [-0.15, -0.1) is 0 Å². The zero-order valence-corrected chi connectivity index (χ0v) is 15.4. The number of carbonyl (C=O) groups is 1. The zero-order chi connectivity index (χ0) is 18.4. The van der Waals surface area contributed by atoms with Crippen molar-refractivity contribution in [2.75, 3.05) is 39.2 Å². The molecule has 5 heteroatoms. The minimum Gasteiger partial charge on any atom is -0.497 e. The van der Waals surface area contributed by atoms with Crippen molar-refractivity contribution < 1.29 is 14.3 Å². The van der Waals surface area contributed by atoms with E-state index < -0.39 is 0 Å². The summed E-state index contributed by atoms with van der Waals surface area (Å²) in [5.74, 6) is 1.23. The van der Waals surface area contributed by atoms with Gasteiger partial charge in [-0.3, -0.25) is 0 Å². The molecule has 1 N–H and O–H groups in total. The molecule has 3 rings (SSSR count). The van der Waals surface area contributed by atoms with Crippen LogP contribution in [0.2, 0.25) is 0 Å². The summed E-state index contributed by atoms with van der Waals surface area (Å²) in [4.78, 5) is 14.5. The summed E-state index contributed by atoms with van der Waals surface area (Å²) in [6.07, 6.45) is 2.13. The fourth-order valence-electron chi connectivity index (χ4n) is 3.40. The molecule has 2 aromatic carbocycles. The molecule has 1 fully saturated rings. The van der Waals surface area contributed by atoms with Crippen LogP contribution in [0.25, 0.3) is 11.1 Å². The van der Waals surface area contributed by atoms with E-state index in [1.54, 1.807) is 14.2 Å². The normalized spacial score (nSPS) is 17.0. The lowest BCUT2D eigenvalue weighted by molar-refractivity contribution is 0.104. The summed E-state index contributed by atoms with van der Waals surface area (Å²) >= 11 is 0. The highest BCUT2D eigenvalue weighted by Gasteiger charge is 2.23. The lowest BCUT2D eigenvalue weighted by Crippen LogP contribution is -2.43. The van der Waals surface area contributed by atoms with E-state index in [1.807, 2.05) is 53.4 Å². The smallest absolute Gasteiger partial charge is 0.321 e. The molecule has 138 valence electrons. The van der Waals surface area contributed by atoms with Crippen molar-refractivity contribution in [3.05, 3.63) is 48.5 Å². The van der Waals surface area contributed by atoms with Crippen LogP contribution in [0.5, 0.6) is 5.75 Å². The average Bonchev–Trinajstić information content (AvgIpc) is 2.69. The number of ether oxygens (including phenoxy) is 2. The first kappa shape index (κ1) is 18.3. The molecule has 1 atom stereocenters. The Morgan fingerprint density at radius 2 is 1.92 bits per heavy atom. The summed E-state index contributed by atoms with van der Waals surface area (Å²) in [6, 6.07) is 15.7. The number of likely N-dealkylation sites (tertiary alicyclic amines) is 1. The number of urea groups is 1. The highest BCUT2D eigenvalue weighted by Crippen LogP contribution is 2.26. The zero-order valence-electron chi connectivity index (χ0n) is 15.4. The van der Waals surface area contributed by atoms with Crippen LogP contribution >= 0.6 is 0 Å². The van der Waals surface area contributed by atoms with Crippen molar-refractivity contribution in [3.63, 3.8) is 0 Å². The Morgan fingerprint density at radius 3 is 2.69 bits per heavy atom. The Labute approximate surface area is 154 Å². The third kappa shape index (κ3) is 4.55. The van der Waals surface area contributed by atoms with Crippen LogP contribution in [0.1, 0.15) is 12.8 Å². The van der Waals surface area contributed by atoms with Crippen LogP contribution in [0.4, 0.5) is 10.5 Å². The standard InChI is InChI=1S/C21H26N2O3/c1-25-15-16-6-5-11-23(14-16)21(24)22-19-9-3-7-17(12-19)18-8-4-10-20(13-18)26-2/h3-4,7-10,12-13,16H,5-6,11,14-15H2,1-2H3,(H,22,24). The minimum atomic E-state index is -0.0476. The van der Waals surface area contributed by atoms with E-state index >= 15 is 0 Å². The molecule has 0 aliphatic carbocycles. The molecule has 1 aliphatic heterocycles. The number of carbonyl (C=O) groups excluding carboxylic acids is 1. The fourth-order valence-corrected chi connectivity index (χ4v) is 3.40. The van der Waals surface area contributed by atoms with E-state index in [2.05, 4.69) is 5.32 Å². The van der Waals surface area contributed by atoms with E-state index in [-0.39, 0.29) is 6.03 Å². The van der Waals surface area contributed by atoms with Gasteiger partial charge in [0.15, 0.2) is 0 Å². The van der Waals surface area contributed by atoms with Gasteiger partial charge in [-0.1, -0.05) is 24.3 Å². The second-order valence-electron chi connectivity index (χ2n) is 6.65. The van der Waals surface area contributed by atoms with Crippen LogP contribution in [-0.2, 0) is 4.74 Å². The average molecular weight is 354 g/mol. The summed E-state index contributed by atoms with van der Waals surface area (Å²) < 4.78 is 10.5. The molecule has 26 heavy (non-hydrogen) atoms. The number of anilines is 1. The van der Waals surface area contributed by atoms with E-state index in [0.717, 1.165) is 48.5 Å². The molecule has 0 radical (unpaired) electrons.